The highest BCUT2D eigenvalue weighted by Crippen LogP contribution is 2.17. The molecule has 0 bridgehead atoms. The Kier molecular flexibility index (Phi) is 9.97. The highest BCUT2D eigenvalue weighted by molar-refractivity contribution is 7.89. The molecule has 0 spiro atoms. The first kappa shape index (κ1) is 20.8. The molecule has 0 fully saturated rings. The standard InChI is InChI=1S/C14H19NO4S.CH4S/c1-12-4-6-14(7-5-12)20(18,19)15(9-3-11-16)10-8-13(2)17;1-2/h4-7,11H,3,8-10H2,1-2H3;2H,1H3. The number of rotatable bonds is 8. The van der Waals surface area contributed by atoms with Gasteiger partial charge in [-0.1, -0.05) is 17.7 Å². The maximum atomic E-state index is 12.5. The SMILES string of the molecule is CC(=O)CCN(CCC=O)S(=O)(=O)c1ccc(C)cc1.CS. The highest BCUT2D eigenvalue weighted by Gasteiger charge is 2.23. The van der Waals surface area contributed by atoms with E-state index in [0.717, 1.165) is 5.56 Å². The van der Waals surface area contributed by atoms with Crippen LogP contribution in [-0.4, -0.2) is 44.1 Å². The van der Waals surface area contributed by atoms with Gasteiger partial charge >= 0.3 is 0 Å². The smallest absolute Gasteiger partial charge is 0.243 e. The first-order valence-corrected chi connectivity index (χ1v) is 9.16. The molecular formula is C15H23NO4S2. The van der Waals surface area contributed by atoms with Gasteiger partial charge in [0.05, 0.1) is 4.90 Å². The van der Waals surface area contributed by atoms with Gasteiger partial charge in [0.2, 0.25) is 10.0 Å². The van der Waals surface area contributed by atoms with Crippen molar-refractivity contribution in [2.45, 2.75) is 31.6 Å². The molecule has 0 heterocycles. The van der Waals surface area contributed by atoms with E-state index < -0.39 is 10.0 Å². The van der Waals surface area contributed by atoms with Crippen molar-refractivity contribution in [3.63, 3.8) is 0 Å². The summed E-state index contributed by atoms with van der Waals surface area (Å²) in [6, 6.07) is 6.50. The van der Waals surface area contributed by atoms with E-state index in [1.54, 1.807) is 18.4 Å². The molecule has 7 heteroatoms. The van der Waals surface area contributed by atoms with Crippen LogP contribution in [0.5, 0.6) is 0 Å². The lowest BCUT2D eigenvalue weighted by Gasteiger charge is -2.21. The number of aryl methyl sites for hydroxylation is 1. The monoisotopic (exact) mass is 345 g/mol. The van der Waals surface area contributed by atoms with Crippen molar-refractivity contribution in [2.24, 2.45) is 0 Å². The molecule has 0 N–H and O–H groups in total. The predicted molar refractivity (Wildman–Crippen MR) is 90.8 cm³/mol. The van der Waals surface area contributed by atoms with Gasteiger partial charge < -0.3 is 4.79 Å². The van der Waals surface area contributed by atoms with Gasteiger partial charge in [0.25, 0.3) is 0 Å². The van der Waals surface area contributed by atoms with Crippen LogP contribution in [0.15, 0.2) is 29.2 Å². The second kappa shape index (κ2) is 10.5. The molecule has 0 aromatic heterocycles. The number of thiol groups is 1. The summed E-state index contributed by atoms with van der Waals surface area (Å²) in [6.45, 7) is 3.47. The van der Waals surface area contributed by atoms with Crippen molar-refractivity contribution >= 4 is 34.7 Å². The van der Waals surface area contributed by atoms with E-state index in [1.165, 1.54) is 23.4 Å². The van der Waals surface area contributed by atoms with Crippen molar-refractivity contribution in [2.75, 3.05) is 19.3 Å². The Morgan fingerprint density at radius 2 is 1.73 bits per heavy atom. The van der Waals surface area contributed by atoms with Gasteiger partial charge in [0.1, 0.15) is 12.1 Å². The number of carbonyl (C=O) groups is 2. The minimum Gasteiger partial charge on any atom is -0.303 e. The molecular weight excluding hydrogens is 322 g/mol. The molecule has 0 amide bonds. The average Bonchev–Trinajstić information content (AvgIpc) is 2.49. The third kappa shape index (κ3) is 6.72. The van der Waals surface area contributed by atoms with E-state index >= 15 is 0 Å². The third-order valence-corrected chi connectivity index (χ3v) is 4.78. The van der Waals surface area contributed by atoms with Gasteiger partial charge in [-0.3, -0.25) is 4.79 Å². The average molecular weight is 345 g/mol. The largest absolute Gasteiger partial charge is 0.303 e. The summed E-state index contributed by atoms with van der Waals surface area (Å²) in [5, 5.41) is 0. The van der Waals surface area contributed by atoms with Crippen LogP contribution in [0.1, 0.15) is 25.3 Å². The van der Waals surface area contributed by atoms with Crippen molar-refractivity contribution in [3.8, 4) is 0 Å². The Hall–Kier alpha value is -1.18. The van der Waals surface area contributed by atoms with E-state index in [4.69, 9.17) is 0 Å². The minimum atomic E-state index is -3.66. The van der Waals surface area contributed by atoms with E-state index in [-0.39, 0.29) is 36.6 Å². The zero-order valence-electron chi connectivity index (χ0n) is 13.2. The molecule has 5 nitrogen and oxygen atoms in total. The van der Waals surface area contributed by atoms with Crippen molar-refractivity contribution < 1.29 is 18.0 Å². The number of nitrogens with zero attached hydrogens (tertiary/aromatic N) is 1. The summed E-state index contributed by atoms with van der Waals surface area (Å²) in [4.78, 5) is 21.7. The van der Waals surface area contributed by atoms with E-state index in [0.29, 0.717) is 6.29 Å². The van der Waals surface area contributed by atoms with Crippen LogP contribution in [0.3, 0.4) is 0 Å². The number of aldehydes is 1. The first-order chi connectivity index (χ1) is 10.4. The lowest BCUT2D eigenvalue weighted by atomic mass is 10.2. The van der Waals surface area contributed by atoms with Crippen LogP contribution >= 0.6 is 12.6 Å². The molecule has 0 aliphatic carbocycles. The number of benzene rings is 1. The first-order valence-electron chi connectivity index (χ1n) is 6.82. The number of Topliss-reactive ketones (excluding diaryl/α,β-unsaturated/α-hetero) is 1. The van der Waals surface area contributed by atoms with E-state index in [9.17, 15) is 18.0 Å². The molecule has 0 saturated carbocycles. The molecule has 1 aromatic rings. The third-order valence-electron chi connectivity index (χ3n) is 2.87. The Labute approximate surface area is 138 Å². The quantitative estimate of drug-likeness (QED) is 0.578. The summed E-state index contributed by atoms with van der Waals surface area (Å²) in [6.07, 6.45) is 2.62. The Balaban J connectivity index is 0.00000211. The van der Waals surface area contributed by atoms with Crippen LogP contribution in [0.4, 0.5) is 0 Å². The molecule has 0 atom stereocenters. The molecule has 0 radical (unpaired) electrons. The number of hydrogen-bond donors (Lipinski definition) is 1. The normalized spacial score (nSPS) is 10.8. The van der Waals surface area contributed by atoms with Gasteiger partial charge in [0, 0.05) is 25.9 Å². The Morgan fingerprint density at radius 1 is 1.18 bits per heavy atom. The van der Waals surface area contributed by atoms with Crippen LogP contribution in [-0.2, 0) is 19.6 Å². The van der Waals surface area contributed by atoms with Gasteiger partial charge in [0.15, 0.2) is 0 Å². The highest BCUT2D eigenvalue weighted by atomic mass is 32.2. The lowest BCUT2D eigenvalue weighted by Crippen LogP contribution is -2.34. The van der Waals surface area contributed by atoms with Crippen LogP contribution in [0, 0.1) is 6.92 Å². The minimum absolute atomic E-state index is 0.0831. The molecule has 1 aromatic carbocycles. The zero-order valence-corrected chi connectivity index (χ0v) is 14.9. The summed E-state index contributed by atoms with van der Waals surface area (Å²) in [7, 11) is -3.66. The number of sulfonamides is 1. The van der Waals surface area contributed by atoms with Crippen LogP contribution in [0.25, 0.3) is 0 Å². The Bertz CT molecular complexity index is 568. The number of carbonyl (C=O) groups excluding carboxylic acids is 2. The molecule has 0 aliphatic heterocycles. The van der Waals surface area contributed by atoms with E-state index in [2.05, 4.69) is 12.6 Å². The molecule has 124 valence electrons. The zero-order chi connectivity index (χ0) is 17.2. The topological polar surface area (TPSA) is 71.5 Å². The van der Waals surface area contributed by atoms with Gasteiger partial charge in [-0.25, -0.2) is 8.42 Å². The summed E-state index contributed by atoms with van der Waals surface area (Å²) in [5.74, 6) is -0.0831. The van der Waals surface area contributed by atoms with Gasteiger partial charge in [-0.15, -0.1) is 0 Å². The fraction of sp³-hybridized carbons (Fsp3) is 0.467. The Morgan fingerprint density at radius 3 is 2.18 bits per heavy atom. The lowest BCUT2D eigenvalue weighted by molar-refractivity contribution is -0.117. The maximum Gasteiger partial charge on any atom is 0.243 e. The molecule has 22 heavy (non-hydrogen) atoms. The second-order valence-electron chi connectivity index (χ2n) is 4.62. The molecule has 1 rings (SSSR count). The molecule has 0 saturated heterocycles. The van der Waals surface area contributed by atoms with Gasteiger partial charge in [-0.2, -0.15) is 16.9 Å². The van der Waals surface area contributed by atoms with Crippen molar-refractivity contribution in [3.05, 3.63) is 29.8 Å². The van der Waals surface area contributed by atoms with Crippen molar-refractivity contribution in [1.82, 2.24) is 4.31 Å². The number of hydrogen-bond acceptors (Lipinski definition) is 5. The number of ketones is 1. The molecule has 0 aliphatic rings. The fourth-order valence-corrected chi connectivity index (χ4v) is 3.15. The second-order valence-corrected chi connectivity index (χ2v) is 6.56. The van der Waals surface area contributed by atoms with Crippen LogP contribution in [0.2, 0.25) is 0 Å². The summed E-state index contributed by atoms with van der Waals surface area (Å²) in [5.41, 5.74) is 0.965. The van der Waals surface area contributed by atoms with Crippen molar-refractivity contribution in [1.29, 1.82) is 0 Å². The van der Waals surface area contributed by atoms with E-state index in [1.807, 2.05) is 6.92 Å². The van der Waals surface area contributed by atoms with Gasteiger partial charge in [-0.05, 0) is 32.2 Å². The van der Waals surface area contributed by atoms with Crippen LogP contribution < -0.4 is 0 Å². The predicted octanol–water partition coefficient (Wildman–Crippen LogP) is 2.10. The summed E-state index contributed by atoms with van der Waals surface area (Å²) < 4.78 is 26.1. The maximum absolute atomic E-state index is 12.5. The fourth-order valence-electron chi connectivity index (χ4n) is 1.69. The molecule has 0 unspecified atom stereocenters. The summed E-state index contributed by atoms with van der Waals surface area (Å²) >= 11 is 3.53.